The molecular weight excluding hydrogens is 681 g/mol. The molecule has 5 rings (SSSR count). The molecule has 0 bridgehead atoms. The van der Waals surface area contributed by atoms with Gasteiger partial charge in [0.25, 0.3) is 0 Å². The highest BCUT2D eigenvalue weighted by Gasteiger charge is 2.70. The van der Waals surface area contributed by atoms with E-state index in [4.69, 9.17) is 24.7 Å². The topological polar surface area (TPSA) is 223 Å². The van der Waals surface area contributed by atoms with Crippen LogP contribution in [0.15, 0.2) is 58.8 Å². The average molecular weight is 723 g/mol. The summed E-state index contributed by atoms with van der Waals surface area (Å²) in [5.41, 5.74) is 7.56. The van der Waals surface area contributed by atoms with Crippen molar-refractivity contribution in [1.29, 1.82) is 0 Å². The van der Waals surface area contributed by atoms with Gasteiger partial charge in [0.15, 0.2) is 6.29 Å². The van der Waals surface area contributed by atoms with Crippen LogP contribution in [0, 0.1) is 18.8 Å². The van der Waals surface area contributed by atoms with E-state index in [9.17, 15) is 33.6 Å². The van der Waals surface area contributed by atoms with Gasteiger partial charge in [0.05, 0.1) is 40.3 Å². The van der Waals surface area contributed by atoms with Crippen molar-refractivity contribution in [3.05, 3.63) is 70.2 Å². The highest BCUT2D eigenvalue weighted by atomic mass is 32.2. The number of aryl methyl sites for hydroxylation is 1. The number of carbonyl (C=O) groups is 1. The van der Waals surface area contributed by atoms with Gasteiger partial charge in [-0.1, -0.05) is 26.0 Å². The lowest BCUT2D eigenvalue weighted by molar-refractivity contribution is -0.439. The Bertz CT molecular complexity index is 1690. The predicted octanol–water partition coefficient (Wildman–Crippen LogP) is 1.68. The number of alkyl carbamates (subject to hydrolysis) is 1. The summed E-state index contributed by atoms with van der Waals surface area (Å²) in [7, 11) is -4.11. The Morgan fingerprint density at radius 2 is 1.84 bits per heavy atom. The second-order valence-electron chi connectivity index (χ2n) is 12.5. The molecule has 2 aliphatic heterocycles. The smallest absolute Gasteiger partial charge is 0.410 e. The maximum atomic E-state index is 13.7. The number of nitrogen functional groups attached to an aromatic ring is 1. The fourth-order valence-electron chi connectivity index (χ4n) is 5.71. The molecule has 15 nitrogen and oxygen atoms in total. The molecule has 0 aliphatic carbocycles. The number of aliphatic hydroxyl groups excluding tert-OH is 1. The van der Waals surface area contributed by atoms with Crippen molar-refractivity contribution in [1.82, 2.24) is 14.6 Å². The van der Waals surface area contributed by atoms with Crippen LogP contribution in [0.1, 0.15) is 36.5 Å². The van der Waals surface area contributed by atoms with E-state index < -0.39 is 58.8 Å². The van der Waals surface area contributed by atoms with E-state index >= 15 is 0 Å². The second-order valence-corrected chi connectivity index (χ2v) is 15.5. The number of carbonyl (C=O) groups excluding carboxylic acids is 1. The monoisotopic (exact) mass is 722 g/mol. The zero-order valence-corrected chi connectivity index (χ0v) is 28.9. The standard InChI is InChI=1S/C32H42N4O11S2/c1-19(2)15-36(49(42,43)25-10-6-22(33)7-11-25)16-28(37)27(14-21-4-8-24(9-5-21)45-17-23-18-48-20(3)34-23)35-30(38)47-31(39)26-12-13-44-29(26)46-32(31,40)41/h4-11,18-19,26-29,37,39-41H,12-17,33H2,1-3H3,(H,35,38). The van der Waals surface area contributed by atoms with Gasteiger partial charge in [-0.2, -0.15) is 4.31 Å². The quantitative estimate of drug-likeness (QED) is 0.103. The van der Waals surface area contributed by atoms with E-state index in [0.717, 1.165) is 15.0 Å². The number of sulfonamides is 1. The molecule has 17 heteroatoms. The Labute approximate surface area is 288 Å². The largest absolute Gasteiger partial charge is 0.487 e. The van der Waals surface area contributed by atoms with E-state index in [1.807, 2.05) is 26.2 Å². The van der Waals surface area contributed by atoms with Crippen molar-refractivity contribution in [2.45, 2.75) is 75.3 Å². The van der Waals surface area contributed by atoms with Crippen molar-refractivity contribution < 1.29 is 52.6 Å². The minimum atomic E-state index is -4.11. The number of rotatable bonds is 14. The molecule has 7 N–H and O–H groups in total. The fourth-order valence-corrected chi connectivity index (χ4v) is 7.92. The number of aromatic nitrogens is 1. The van der Waals surface area contributed by atoms with E-state index in [1.165, 1.54) is 35.6 Å². The molecule has 2 fully saturated rings. The van der Waals surface area contributed by atoms with Crippen LogP contribution in [-0.2, 0) is 37.3 Å². The summed E-state index contributed by atoms with van der Waals surface area (Å²) in [4.78, 5) is 17.6. The van der Waals surface area contributed by atoms with Gasteiger partial charge < -0.3 is 45.7 Å². The minimum Gasteiger partial charge on any atom is -0.487 e. The Hall–Kier alpha value is -3.39. The molecule has 268 valence electrons. The van der Waals surface area contributed by atoms with E-state index in [1.54, 1.807) is 24.3 Å². The summed E-state index contributed by atoms with van der Waals surface area (Å²) < 4.78 is 49.7. The number of nitrogens with zero attached hydrogens (tertiary/aromatic N) is 2. The lowest BCUT2D eigenvalue weighted by atomic mass is 9.97. The highest BCUT2D eigenvalue weighted by molar-refractivity contribution is 7.89. The minimum absolute atomic E-state index is 0.0211. The van der Waals surface area contributed by atoms with Gasteiger partial charge in [0.2, 0.25) is 10.0 Å². The van der Waals surface area contributed by atoms with Crippen LogP contribution < -0.4 is 15.8 Å². The number of benzene rings is 2. The zero-order valence-electron chi connectivity index (χ0n) is 27.3. The summed E-state index contributed by atoms with van der Waals surface area (Å²) in [6.45, 7) is 5.55. The molecule has 3 aromatic rings. The summed E-state index contributed by atoms with van der Waals surface area (Å²) in [5, 5.41) is 48.7. The van der Waals surface area contributed by atoms with Crippen molar-refractivity contribution in [2.75, 3.05) is 25.4 Å². The normalized spacial score (nSPS) is 23.0. The maximum Gasteiger partial charge on any atom is 0.410 e. The van der Waals surface area contributed by atoms with Crippen LogP contribution in [0.5, 0.6) is 5.75 Å². The number of ether oxygens (including phenoxy) is 4. The number of nitrogens with one attached hydrogen (secondary N) is 1. The van der Waals surface area contributed by atoms with Crippen LogP contribution in [0.4, 0.5) is 10.5 Å². The fraction of sp³-hybridized carbons (Fsp3) is 0.500. The first-order valence-electron chi connectivity index (χ1n) is 15.7. The average Bonchev–Trinajstić information content (AvgIpc) is 3.72. The van der Waals surface area contributed by atoms with Crippen molar-refractivity contribution in [3.8, 4) is 5.75 Å². The van der Waals surface area contributed by atoms with E-state index in [-0.39, 0.29) is 43.4 Å². The molecule has 5 atom stereocenters. The molecule has 0 spiro atoms. The lowest BCUT2D eigenvalue weighted by Crippen LogP contribution is -2.59. The first kappa shape index (κ1) is 36.9. The van der Waals surface area contributed by atoms with Gasteiger partial charge in [-0.15, -0.1) is 11.3 Å². The number of nitrogens with two attached hydrogens (primary N) is 1. The van der Waals surface area contributed by atoms with Gasteiger partial charge >= 0.3 is 17.9 Å². The van der Waals surface area contributed by atoms with E-state index in [0.29, 0.717) is 17.0 Å². The van der Waals surface area contributed by atoms with Crippen molar-refractivity contribution >= 4 is 33.1 Å². The summed E-state index contributed by atoms with van der Waals surface area (Å²) in [6.07, 6.45) is -3.97. The first-order chi connectivity index (χ1) is 23.1. The molecule has 2 aliphatic rings. The summed E-state index contributed by atoms with van der Waals surface area (Å²) in [5.74, 6) is -6.86. The Morgan fingerprint density at radius 1 is 1.14 bits per heavy atom. The number of hydrogen-bond donors (Lipinski definition) is 6. The molecular formula is C32H42N4O11S2. The molecule has 49 heavy (non-hydrogen) atoms. The van der Waals surface area contributed by atoms with Gasteiger partial charge in [-0.05, 0) is 67.6 Å². The van der Waals surface area contributed by atoms with Crippen LogP contribution in [0.25, 0.3) is 0 Å². The first-order valence-corrected chi connectivity index (χ1v) is 18.0. The molecule has 1 amide bonds. The third-order valence-electron chi connectivity index (χ3n) is 8.21. The zero-order chi connectivity index (χ0) is 35.6. The van der Waals surface area contributed by atoms with Crippen LogP contribution in [-0.4, -0.2) is 94.1 Å². The molecule has 0 radical (unpaired) electrons. The van der Waals surface area contributed by atoms with Crippen molar-refractivity contribution in [3.63, 3.8) is 0 Å². The second kappa shape index (κ2) is 14.8. The van der Waals surface area contributed by atoms with Crippen molar-refractivity contribution in [2.24, 2.45) is 11.8 Å². The number of anilines is 1. The summed E-state index contributed by atoms with van der Waals surface area (Å²) >= 11 is 1.52. The maximum absolute atomic E-state index is 13.7. The molecule has 5 unspecified atom stereocenters. The van der Waals surface area contributed by atoms with Crippen LogP contribution in [0.2, 0.25) is 0 Å². The third kappa shape index (κ3) is 8.50. The van der Waals surface area contributed by atoms with Gasteiger partial charge in [-0.25, -0.2) is 18.2 Å². The molecule has 0 saturated carbocycles. The number of hydrogen-bond acceptors (Lipinski definition) is 14. The number of thiazole rings is 1. The SMILES string of the molecule is Cc1nc(COc2ccc(CC(NC(=O)OC3(O)C4CCOC4OC3(O)O)C(O)CN(CC(C)C)S(=O)(=O)c3ccc(N)cc3)cc2)cs1. The van der Waals surface area contributed by atoms with Gasteiger partial charge in [-0.3, -0.25) is 4.74 Å². The summed E-state index contributed by atoms with van der Waals surface area (Å²) in [6, 6.07) is 11.3. The van der Waals surface area contributed by atoms with Crippen LogP contribution in [0.3, 0.4) is 0 Å². The van der Waals surface area contributed by atoms with Gasteiger partial charge in [0, 0.05) is 24.2 Å². The number of fused-ring (bicyclic) bond motifs is 1. The number of amides is 1. The number of aliphatic hydroxyl groups is 4. The third-order valence-corrected chi connectivity index (χ3v) is 10.9. The van der Waals surface area contributed by atoms with Crippen LogP contribution >= 0.6 is 11.3 Å². The Morgan fingerprint density at radius 3 is 2.47 bits per heavy atom. The van der Waals surface area contributed by atoms with E-state index in [2.05, 4.69) is 10.3 Å². The Balaban J connectivity index is 1.36. The highest BCUT2D eigenvalue weighted by Crippen LogP contribution is 2.47. The molecule has 3 heterocycles. The molecule has 2 aromatic carbocycles. The Kier molecular flexibility index (Phi) is 11.2. The predicted molar refractivity (Wildman–Crippen MR) is 176 cm³/mol. The van der Waals surface area contributed by atoms with Gasteiger partial charge in [0.1, 0.15) is 12.4 Å². The molecule has 1 aromatic heterocycles. The molecule has 2 saturated heterocycles. The lowest BCUT2D eigenvalue weighted by Gasteiger charge is -2.34.